The number of carbonyl (C=O) groups excluding carboxylic acids is 1. The van der Waals surface area contributed by atoms with Gasteiger partial charge in [0.1, 0.15) is 5.76 Å². The van der Waals surface area contributed by atoms with Gasteiger partial charge in [0.2, 0.25) is 0 Å². The number of aryl methyl sites for hydroxylation is 3. The molecule has 5 nitrogen and oxygen atoms in total. The van der Waals surface area contributed by atoms with E-state index in [9.17, 15) is 9.90 Å². The predicted molar refractivity (Wildman–Crippen MR) is 105 cm³/mol. The Hall–Kier alpha value is -3.21. The number of aromatic hydroxyl groups is 1. The van der Waals surface area contributed by atoms with Crippen LogP contribution in [0.5, 0.6) is 11.5 Å². The summed E-state index contributed by atoms with van der Waals surface area (Å²) in [5, 5.41) is 12.5. The van der Waals surface area contributed by atoms with E-state index in [2.05, 4.69) is 38.2 Å². The number of phenolic OH excluding ortho intramolecular Hbond substituents is 1. The second kappa shape index (κ2) is 7.58. The molecule has 140 valence electrons. The van der Waals surface area contributed by atoms with Gasteiger partial charge in [0.15, 0.2) is 17.3 Å². The van der Waals surface area contributed by atoms with Crippen LogP contribution in [0.2, 0.25) is 0 Å². The van der Waals surface area contributed by atoms with Gasteiger partial charge in [-0.2, -0.15) is 0 Å². The van der Waals surface area contributed by atoms with E-state index in [0.29, 0.717) is 17.9 Å². The number of hydrogen-bond donors (Lipinski definition) is 2. The molecule has 0 saturated heterocycles. The average Bonchev–Trinajstić information content (AvgIpc) is 3.07. The quantitative estimate of drug-likeness (QED) is 0.684. The van der Waals surface area contributed by atoms with Crippen molar-refractivity contribution in [1.29, 1.82) is 0 Å². The number of anilines is 1. The summed E-state index contributed by atoms with van der Waals surface area (Å²) in [7, 11) is 1.47. The normalized spacial score (nSPS) is 10.7. The van der Waals surface area contributed by atoms with E-state index in [1.165, 1.54) is 35.4 Å². The summed E-state index contributed by atoms with van der Waals surface area (Å²) in [6.45, 7) is 6.25. The molecule has 0 radical (unpaired) electrons. The summed E-state index contributed by atoms with van der Waals surface area (Å²) in [4.78, 5) is 12.4. The number of rotatable bonds is 5. The molecule has 0 aliphatic carbocycles. The third-order valence-electron chi connectivity index (χ3n) is 4.51. The van der Waals surface area contributed by atoms with E-state index in [-0.39, 0.29) is 17.4 Å². The lowest BCUT2D eigenvalue weighted by Gasteiger charge is -2.10. The lowest BCUT2D eigenvalue weighted by Crippen LogP contribution is -2.10. The molecular formula is C22H23NO4. The summed E-state index contributed by atoms with van der Waals surface area (Å²) >= 11 is 0. The largest absolute Gasteiger partial charge is 0.504 e. The van der Waals surface area contributed by atoms with Crippen LogP contribution in [-0.2, 0) is 6.42 Å². The van der Waals surface area contributed by atoms with Crippen LogP contribution in [0.1, 0.15) is 38.6 Å². The maximum Gasteiger partial charge on any atom is 0.291 e. The van der Waals surface area contributed by atoms with Crippen LogP contribution in [0, 0.1) is 20.8 Å². The molecule has 0 bridgehead atoms. The van der Waals surface area contributed by atoms with Crippen molar-refractivity contribution in [2.75, 3.05) is 12.4 Å². The molecule has 0 fully saturated rings. The predicted octanol–water partition coefficient (Wildman–Crippen LogP) is 4.76. The Morgan fingerprint density at radius 1 is 1.07 bits per heavy atom. The number of amides is 1. The number of nitrogens with one attached hydrogen (secondary N) is 1. The number of carbonyl (C=O) groups is 1. The molecule has 27 heavy (non-hydrogen) atoms. The number of hydrogen-bond acceptors (Lipinski definition) is 4. The maximum absolute atomic E-state index is 12.4. The maximum atomic E-state index is 12.4. The summed E-state index contributed by atoms with van der Waals surface area (Å²) in [5.41, 5.74) is 5.33. The molecule has 5 heteroatoms. The standard InChI is InChI=1S/C22H23NO4/c1-13-9-14(2)18(15(3)10-13)12-17-6-8-21(27-17)22(25)23-16-5-7-20(26-4)19(24)11-16/h5-11,24H,12H2,1-4H3,(H,23,25). The van der Waals surface area contributed by atoms with Gasteiger partial charge >= 0.3 is 0 Å². The van der Waals surface area contributed by atoms with Gasteiger partial charge in [-0.1, -0.05) is 17.7 Å². The molecule has 0 aliphatic rings. The van der Waals surface area contributed by atoms with E-state index in [1.54, 1.807) is 18.2 Å². The fraction of sp³-hybridized carbons (Fsp3) is 0.227. The SMILES string of the molecule is COc1ccc(NC(=O)c2ccc(Cc3c(C)cc(C)cc3C)o2)cc1O. The number of phenols is 1. The first-order chi connectivity index (χ1) is 12.9. The van der Waals surface area contributed by atoms with Crippen LogP contribution < -0.4 is 10.1 Å². The molecule has 0 atom stereocenters. The molecule has 1 heterocycles. The Balaban J connectivity index is 1.74. The Morgan fingerprint density at radius 2 is 1.78 bits per heavy atom. The van der Waals surface area contributed by atoms with Crippen molar-refractivity contribution in [1.82, 2.24) is 0 Å². The average molecular weight is 365 g/mol. The molecule has 1 amide bonds. The van der Waals surface area contributed by atoms with Crippen molar-refractivity contribution < 1.29 is 19.1 Å². The number of methoxy groups -OCH3 is 1. The lowest BCUT2D eigenvalue weighted by molar-refractivity contribution is 0.0995. The topological polar surface area (TPSA) is 71.7 Å². The van der Waals surface area contributed by atoms with E-state index >= 15 is 0 Å². The summed E-state index contributed by atoms with van der Waals surface area (Å²) in [6, 6.07) is 12.4. The highest BCUT2D eigenvalue weighted by atomic mass is 16.5. The molecule has 1 aromatic heterocycles. The van der Waals surface area contributed by atoms with Crippen molar-refractivity contribution >= 4 is 11.6 Å². The van der Waals surface area contributed by atoms with Gasteiger partial charge in [0, 0.05) is 18.2 Å². The van der Waals surface area contributed by atoms with Crippen LogP contribution in [0.3, 0.4) is 0 Å². The smallest absolute Gasteiger partial charge is 0.291 e. The van der Waals surface area contributed by atoms with E-state index in [1.807, 2.05) is 6.07 Å². The van der Waals surface area contributed by atoms with E-state index in [0.717, 1.165) is 5.76 Å². The number of benzene rings is 2. The first kappa shape index (κ1) is 18.6. The second-order valence-corrected chi connectivity index (χ2v) is 6.66. The van der Waals surface area contributed by atoms with Gasteiger partial charge in [-0.3, -0.25) is 4.79 Å². The van der Waals surface area contributed by atoms with Gasteiger partial charge in [-0.25, -0.2) is 0 Å². The monoisotopic (exact) mass is 365 g/mol. The molecule has 3 rings (SSSR count). The Morgan fingerprint density at radius 3 is 2.41 bits per heavy atom. The fourth-order valence-corrected chi connectivity index (χ4v) is 3.22. The van der Waals surface area contributed by atoms with Crippen molar-refractivity contribution in [3.05, 3.63) is 76.2 Å². The van der Waals surface area contributed by atoms with Gasteiger partial charge in [0.25, 0.3) is 5.91 Å². The number of furan rings is 1. The van der Waals surface area contributed by atoms with Crippen molar-refractivity contribution in [2.24, 2.45) is 0 Å². The third-order valence-corrected chi connectivity index (χ3v) is 4.51. The van der Waals surface area contributed by atoms with Crippen molar-refractivity contribution in [3.63, 3.8) is 0 Å². The first-order valence-corrected chi connectivity index (χ1v) is 8.71. The van der Waals surface area contributed by atoms with Gasteiger partial charge < -0.3 is 19.6 Å². The van der Waals surface area contributed by atoms with Crippen molar-refractivity contribution in [3.8, 4) is 11.5 Å². The van der Waals surface area contributed by atoms with E-state index < -0.39 is 0 Å². The van der Waals surface area contributed by atoms with Gasteiger partial charge in [0.05, 0.1) is 7.11 Å². The molecule has 0 aliphatic heterocycles. The molecule has 0 saturated carbocycles. The summed E-state index contributed by atoms with van der Waals surface area (Å²) < 4.78 is 10.7. The fourth-order valence-electron chi connectivity index (χ4n) is 3.22. The number of ether oxygens (including phenoxy) is 1. The Bertz CT molecular complexity index is 965. The lowest BCUT2D eigenvalue weighted by atomic mass is 9.97. The Labute approximate surface area is 158 Å². The Kier molecular flexibility index (Phi) is 5.21. The molecule has 3 aromatic rings. The summed E-state index contributed by atoms with van der Waals surface area (Å²) in [6.07, 6.45) is 0.633. The van der Waals surface area contributed by atoms with Crippen molar-refractivity contribution in [2.45, 2.75) is 27.2 Å². The first-order valence-electron chi connectivity index (χ1n) is 8.71. The molecule has 0 unspecified atom stereocenters. The highest BCUT2D eigenvalue weighted by molar-refractivity contribution is 6.02. The minimum atomic E-state index is -0.372. The zero-order valence-electron chi connectivity index (χ0n) is 15.9. The summed E-state index contributed by atoms with van der Waals surface area (Å²) in [5.74, 6) is 0.886. The zero-order valence-corrected chi connectivity index (χ0v) is 15.9. The van der Waals surface area contributed by atoms with Gasteiger partial charge in [-0.15, -0.1) is 0 Å². The van der Waals surface area contributed by atoms with Crippen LogP contribution >= 0.6 is 0 Å². The highest BCUT2D eigenvalue weighted by Gasteiger charge is 2.14. The van der Waals surface area contributed by atoms with Crippen LogP contribution in [0.25, 0.3) is 0 Å². The minimum absolute atomic E-state index is 0.0410. The van der Waals surface area contributed by atoms with Gasteiger partial charge in [-0.05, 0) is 61.7 Å². The third kappa shape index (κ3) is 4.14. The van der Waals surface area contributed by atoms with Crippen LogP contribution in [0.15, 0.2) is 46.9 Å². The molecule has 2 aromatic carbocycles. The van der Waals surface area contributed by atoms with Crippen LogP contribution in [0.4, 0.5) is 5.69 Å². The molecule has 2 N–H and O–H groups in total. The highest BCUT2D eigenvalue weighted by Crippen LogP contribution is 2.29. The second-order valence-electron chi connectivity index (χ2n) is 6.66. The van der Waals surface area contributed by atoms with E-state index in [4.69, 9.17) is 9.15 Å². The zero-order chi connectivity index (χ0) is 19.6. The molecule has 0 spiro atoms. The van der Waals surface area contributed by atoms with Crippen LogP contribution in [-0.4, -0.2) is 18.1 Å². The minimum Gasteiger partial charge on any atom is -0.504 e. The molecular weight excluding hydrogens is 342 g/mol.